The topological polar surface area (TPSA) is 154 Å². The van der Waals surface area contributed by atoms with Crippen molar-refractivity contribution < 1.29 is 28.8 Å². The fourth-order valence-electron chi connectivity index (χ4n) is 1.79. The van der Waals surface area contributed by atoms with Crippen LogP contribution in [0.25, 0.3) is 0 Å². The molecule has 4 N–H and O–H groups in total. The molecule has 25 heavy (non-hydrogen) atoms. The maximum absolute atomic E-state index is 11.9. The van der Waals surface area contributed by atoms with E-state index in [4.69, 9.17) is 9.79 Å². The number of nitrogens with zero attached hydrogens (tertiary/aromatic N) is 3. The number of hydrogen-bond donors (Lipinski definition) is 4. The predicted molar refractivity (Wildman–Crippen MR) is 86.8 cm³/mol. The third-order valence-corrected chi connectivity index (χ3v) is 3.51. The van der Waals surface area contributed by atoms with Gasteiger partial charge in [0.2, 0.25) is 0 Å². The number of aromatic nitrogens is 2. The zero-order valence-electron chi connectivity index (χ0n) is 13.0. The van der Waals surface area contributed by atoms with Crippen LogP contribution in [0.2, 0.25) is 0 Å². The monoisotopic (exact) mass is 366 g/mol. The average molecular weight is 366 g/mol. The number of carbonyl (C=O) groups is 1. The van der Waals surface area contributed by atoms with E-state index in [1.54, 1.807) is 0 Å². The number of pyridine rings is 2. The minimum atomic E-state index is -4.69. The molecule has 0 bridgehead atoms. The highest BCUT2D eigenvalue weighted by Gasteiger charge is 2.17. The Kier molecular flexibility index (Phi) is 5.94. The van der Waals surface area contributed by atoms with Crippen LogP contribution in [0, 0.1) is 6.92 Å². The van der Waals surface area contributed by atoms with Crippen LogP contribution < -0.4 is 5.43 Å². The van der Waals surface area contributed by atoms with Gasteiger partial charge in [-0.25, -0.2) is 9.99 Å². The molecule has 10 nitrogen and oxygen atoms in total. The molecular weight excluding hydrogens is 351 g/mol. The molecule has 2 rings (SSSR count). The van der Waals surface area contributed by atoms with Crippen molar-refractivity contribution in [2.45, 2.75) is 13.5 Å². The molecule has 0 aliphatic heterocycles. The quantitative estimate of drug-likeness (QED) is 0.333. The molecule has 0 radical (unpaired) electrons. The van der Waals surface area contributed by atoms with Gasteiger partial charge >= 0.3 is 7.82 Å². The van der Waals surface area contributed by atoms with Crippen LogP contribution in [0.5, 0.6) is 5.75 Å². The molecule has 2 aromatic rings. The molecule has 0 fully saturated rings. The van der Waals surface area contributed by atoms with Crippen LogP contribution in [0.4, 0.5) is 0 Å². The summed E-state index contributed by atoms with van der Waals surface area (Å²) in [7, 11) is -4.69. The molecule has 0 atom stereocenters. The first kappa shape index (κ1) is 18.7. The van der Waals surface area contributed by atoms with Crippen molar-refractivity contribution in [3.63, 3.8) is 0 Å². The highest BCUT2D eigenvalue weighted by molar-refractivity contribution is 7.46. The van der Waals surface area contributed by atoms with Crippen LogP contribution in [0.1, 0.15) is 27.2 Å². The fraction of sp³-hybridized carbons (Fsp3) is 0.143. The van der Waals surface area contributed by atoms with Crippen LogP contribution in [0.3, 0.4) is 0 Å². The number of aromatic hydroxyl groups is 1. The van der Waals surface area contributed by atoms with Crippen molar-refractivity contribution in [3.8, 4) is 5.75 Å². The molecule has 0 spiro atoms. The van der Waals surface area contributed by atoms with Gasteiger partial charge in [-0.1, -0.05) is 0 Å². The lowest BCUT2D eigenvalue weighted by atomic mass is 10.1. The number of aryl methyl sites for hydroxylation is 1. The lowest BCUT2D eigenvalue weighted by Crippen LogP contribution is -2.17. The summed E-state index contributed by atoms with van der Waals surface area (Å²) in [5.41, 5.74) is 3.20. The summed E-state index contributed by atoms with van der Waals surface area (Å²) < 4.78 is 15.2. The van der Waals surface area contributed by atoms with Crippen molar-refractivity contribution in [2.24, 2.45) is 5.10 Å². The molecule has 132 valence electrons. The Labute approximate surface area is 142 Å². The Morgan fingerprint density at radius 1 is 1.40 bits per heavy atom. The van der Waals surface area contributed by atoms with E-state index in [9.17, 15) is 14.5 Å². The molecule has 0 unspecified atom stereocenters. The first-order valence-corrected chi connectivity index (χ1v) is 8.42. The number of carbonyl (C=O) groups excluding carboxylic acids is 1. The van der Waals surface area contributed by atoms with Crippen LogP contribution >= 0.6 is 7.82 Å². The summed E-state index contributed by atoms with van der Waals surface area (Å²) in [4.78, 5) is 37.1. The summed E-state index contributed by atoms with van der Waals surface area (Å²) in [6.07, 6.45) is 5.33. The first-order valence-electron chi connectivity index (χ1n) is 6.89. The van der Waals surface area contributed by atoms with Crippen molar-refractivity contribution >= 4 is 19.9 Å². The Balaban J connectivity index is 2.18. The van der Waals surface area contributed by atoms with E-state index in [2.05, 4.69) is 25.0 Å². The number of phosphoric acid groups is 1. The van der Waals surface area contributed by atoms with E-state index in [1.165, 1.54) is 37.6 Å². The summed E-state index contributed by atoms with van der Waals surface area (Å²) in [6.45, 7) is 1.04. The van der Waals surface area contributed by atoms with Gasteiger partial charge in [-0.3, -0.25) is 19.3 Å². The third-order valence-electron chi connectivity index (χ3n) is 3.05. The van der Waals surface area contributed by atoms with Gasteiger partial charge in [0.25, 0.3) is 5.91 Å². The molecule has 0 aromatic carbocycles. The van der Waals surface area contributed by atoms with Crippen molar-refractivity contribution in [1.82, 2.24) is 15.4 Å². The number of hydrazone groups is 1. The van der Waals surface area contributed by atoms with Gasteiger partial charge in [0.15, 0.2) is 0 Å². The van der Waals surface area contributed by atoms with Gasteiger partial charge in [0, 0.05) is 35.3 Å². The highest BCUT2D eigenvalue weighted by Crippen LogP contribution is 2.37. The van der Waals surface area contributed by atoms with Crippen molar-refractivity contribution in [3.05, 3.63) is 53.1 Å². The minimum Gasteiger partial charge on any atom is -0.505 e. The summed E-state index contributed by atoms with van der Waals surface area (Å²) in [5, 5.41) is 13.8. The number of amides is 1. The van der Waals surface area contributed by atoms with Gasteiger partial charge in [0.1, 0.15) is 5.75 Å². The second-order valence-electron chi connectivity index (χ2n) is 4.83. The van der Waals surface area contributed by atoms with Crippen molar-refractivity contribution in [1.29, 1.82) is 0 Å². The van der Waals surface area contributed by atoms with E-state index < -0.39 is 20.3 Å². The van der Waals surface area contributed by atoms with Crippen LogP contribution in [0.15, 0.2) is 35.8 Å². The maximum Gasteiger partial charge on any atom is 0.469 e. The van der Waals surface area contributed by atoms with E-state index in [0.717, 1.165) is 6.21 Å². The molecule has 0 saturated carbocycles. The lowest BCUT2D eigenvalue weighted by molar-refractivity contribution is 0.0955. The van der Waals surface area contributed by atoms with Gasteiger partial charge in [0.05, 0.1) is 18.5 Å². The molecule has 2 aromatic heterocycles. The Hall–Kier alpha value is -2.65. The SMILES string of the molecule is Cc1ncc(COP(=O)(O)O)c(C=NNC(=O)c2ccncc2)c1O. The summed E-state index contributed by atoms with van der Waals surface area (Å²) in [5.74, 6) is -0.731. The number of hydrogen-bond acceptors (Lipinski definition) is 7. The summed E-state index contributed by atoms with van der Waals surface area (Å²) in [6, 6.07) is 3.00. The lowest BCUT2D eigenvalue weighted by Gasteiger charge is -2.10. The molecule has 2 heterocycles. The van der Waals surface area contributed by atoms with Crippen molar-refractivity contribution in [2.75, 3.05) is 0 Å². The fourth-order valence-corrected chi connectivity index (χ4v) is 2.10. The van der Waals surface area contributed by atoms with Crippen LogP contribution in [-0.4, -0.2) is 37.0 Å². The second kappa shape index (κ2) is 7.95. The first-order chi connectivity index (χ1) is 11.8. The zero-order chi connectivity index (χ0) is 18.4. The average Bonchev–Trinajstić information content (AvgIpc) is 2.57. The Morgan fingerprint density at radius 2 is 2.08 bits per heavy atom. The van der Waals surface area contributed by atoms with Gasteiger partial charge in [-0.2, -0.15) is 5.10 Å². The number of phosphoric ester groups is 1. The van der Waals surface area contributed by atoms with E-state index >= 15 is 0 Å². The zero-order valence-corrected chi connectivity index (χ0v) is 13.9. The molecule has 0 aliphatic rings. The second-order valence-corrected chi connectivity index (χ2v) is 6.07. The molecular formula is C14H15N4O6P. The normalized spacial score (nSPS) is 11.6. The van der Waals surface area contributed by atoms with Gasteiger partial charge in [-0.05, 0) is 19.1 Å². The molecule has 0 saturated heterocycles. The third kappa shape index (κ3) is 5.44. The van der Waals surface area contributed by atoms with Gasteiger partial charge < -0.3 is 14.9 Å². The highest BCUT2D eigenvalue weighted by atomic mass is 31.2. The number of rotatable bonds is 6. The summed E-state index contributed by atoms with van der Waals surface area (Å²) >= 11 is 0. The molecule has 11 heteroatoms. The predicted octanol–water partition coefficient (Wildman–Crippen LogP) is 0.864. The van der Waals surface area contributed by atoms with E-state index in [-0.39, 0.29) is 22.6 Å². The standard InChI is InChI=1S/C14H15N4O6P/c1-9-13(19)12(11(6-16-9)8-24-25(21,22)23)7-17-18-14(20)10-2-4-15-5-3-10/h2-7,19H,8H2,1H3,(H,18,20)(H2,21,22,23). The Bertz CT molecular complexity index is 837. The van der Waals surface area contributed by atoms with E-state index in [1.807, 2.05) is 0 Å². The molecule has 1 amide bonds. The molecule has 0 aliphatic carbocycles. The minimum absolute atomic E-state index is 0.121. The number of nitrogens with one attached hydrogen (secondary N) is 1. The maximum atomic E-state index is 11.9. The van der Waals surface area contributed by atoms with Crippen LogP contribution in [-0.2, 0) is 15.7 Å². The van der Waals surface area contributed by atoms with E-state index in [0.29, 0.717) is 5.56 Å². The van der Waals surface area contributed by atoms with Gasteiger partial charge in [-0.15, -0.1) is 0 Å². The smallest absolute Gasteiger partial charge is 0.469 e. The Morgan fingerprint density at radius 3 is 2.72 bits per heavy atom. The largest absolute Gasteiger partial charge is 0.505 e.